The minimum Gasteiger partial charge on any atom is -0.310 e. The SMILES string of the molecule is C[C@@]12C=CC=CC1=CC(N(c1ccc(-c3ccc4c(c3)C3(C5=C(C=CC=CC5)c5ccccc53)c3ccccc3-4)cc1)c1ccc3c4ccccc4n(-c4ccccc4)c3c1)=C1C=CC=CC12. The van der Waals surface area contributed by atoms with Gasteiger partial charge in [0, 0.05) is 39.2 Å². The number of aromatic nitrogens is 1. The molecule has 67 heavy (non-hydrogen) atoms. The van der Waals surface area contributed by atoms with E-state index in [0.29, 0.717) is 0 Å². The molecular formula is C65H46N2. The van der Waals surface area contributed by atoms with Gasteiger partial charge in [-0.15, -0.1) is 0 Å². The fourth-order valence-corrected chi connectivity index (χ4v) is 12.6. The van der Waals surface area contributed by atoms with Crippen molar-refractivity contribution >= 4 is 38.8 Å². The van der Waals surface area contributed by atoms with Crippen LogP contribution in [-0.4, -0.2) is 4.57 Å². The summed E-state index contributed by atoms with van der Waals surface area (Å²) in [6.45, 7) is 2.39. The van der Waals surface area contributed by atoms with E-state index in [-0.39, 0.29) is 16.7 Å². The van der Waals surface area contributed by atoms with Crippen molar-refractivity contribution in [2.24, 2.45) is 11.3 Å². The van der Waals surface area contributed by atoms with Gasteiger partial charge in [-0.2, -0.15) is 0 Å². The summed E-state index contributed by atoms with van der Waals surface area (Å²) in [5.74, 6) is 0.189. The highest BCUT2D eigenvalue weighted by Crippen LogP contribution is 2.63. The summed E-state index contributed by atoms with van der Waals surface area (Å²) in [4.78, 5) is 2.51. The Labute approximate surface area is 391 Å². The molecule has 3 atom stereocenters. The van der Waals surface area contributed by atoms with Crippen molar-refractivity contribution < 1.29 is 0 Å². The Morgan fingerprint density at radius 1 is 0.537 bits per heavy atom. The molecule has 6 aliphatic carbocycles. The number of fused-ring (bicyclic) bond motifs is 15. The predicted octanol–water partition coefficient (Wildman–Crippen LogP) is 16.3. The van der Waals surface area contributed by atoms with E-state index in [1.165, 1.54) is 94.3 Å². The second kappa shape index (κ2) is 14.4. The van der Waals surface area contributed by atoms with Gasteiger partial charge in [-0.25, -0.2) is 0 Å². The van der Waals surface area contributed by atoms with Crippen LogP contribution in [0.2, 0.25) is 0 Å². The molecule has 0 radical (unpaired) electrons. The van der Waals surface area contributed by atoms with Crippen LogP contribution in [0.3, 0.4) is 0 Å². The van der Waals surface area contributed by atoms with E-state index < -0.39 is 0 Å². The third-order valence-corrected chi connectivity index (χ3v) is 15.6. The Balaban J connectivity index is 0.953. The van der Waals surface area contributed by atoms with E-state index in [2.05, 4.69) is 259 Å². The quantitative estimate of drug-likeness (QED) is 0.167. The number of rotatable bonds is 5. The minimum absolute atomic E-state index is 0.140. The normalized spacial score (nSPS) is 21.3. The second-order valence-corrected chi connectivity index (χ2v) is 18.9. The topological polar surface area (TPSA) is 8.17 Å². The standard InChI is InChI=1S/C65H46N2/c1-64-39-17-16-18-45(64)41-62(55-25-10-12-26-56(55)64)66(48-36-38-54-53-24-11-15-30-61(53)67(63(54)42-48)46-19-4-2-5-20-46)47-34-31-43(32-35-47)44-33-37-52-51-23-9-14-29-59(51)65(60(52)40-44)57-27-7-3-6-21-49(57)50-22-8-13-28-58(50)65/h2-26,28-42,56H,27H2,1H3/t56?,64-,65?/m1/s1. The molecule has 0 bridgehead atoms. The van der Waals surface area contributed by atoms with Crippen molar-refractivity contribution in [2.45, 2.75) is 18.8 Å². The van der Waals surface area contributed by atoms with Crippen LogP contribution in [0.1, 0.15) is 35.6 Å². The highest BCUT2D eigenvalue weighted by molar-refractivity contribution is 6.10. The van der Waals surface area contributed by atoms with Crippen LogP contribution in [0.15, 0.2) is 265 Å². The fraction of sp³-hybridized carbons (Fsp3) is 0.0769. The van der Waals surface area contributed by atoms with E-state index >= 15 is 0 Å². The maximum Gasteiger partial charge on any atom is 0.0691 e. The molecular weight excluding hydrogens is 809 g/mol. The Hall–Kier alpha value is -8.20. The van der Waals surface area contributed by atoms with Gasteiger partial charge in [-0.1, -0.05) is 195 Å². The van der Waals surface area contributed by atoms with Crippen molar-refractivity contribution in [3.05, 3.63) is 287 Å². The third-order valence-electron chi connectivity index (χ3n) is 15.6. The first kappa shape index (κ1) is 38.1. The Bertz CT molecular complexity index is 3720. The van der Waals surface area contributed by atoms with Crippen LogP contribution in [0.4, 0.5) is 11.4 Å². The molecule has 0 saturated carbocycles. The summed E-state index contributed by atoms with van der Waals surface area (Å²) in [6.07, 6.45) is 30.7. The Morgan fingerprint density at radius 2 is 1.24 bits per heavy atom. The van der Waals surface area contributed by atoms with E-state index in [9.17, 15) is 0 Å². The van der Waals surface area contributed by atoms with E-state index in [1.807, 2.05) is 0 Å². The molecule has 1 heterocycles. The molecule has 2 heteroatoms. The molecule has 0 aliphatic heterocycles. The number of para-hydroxylation sites is 2. The van der Waals surface area contributed by atoms with Crippen LogP contribution < -0.4 is 4.90 Å². The van der Waals surface area contributed by atoms with Crippen LogP contribution >= 0.6 is 0 Å². The highest BCUT2D eigenvalue weighted by Gasteiger charge is 2.52. The Kier molecular flexibility index (Phi) is 8.19. The average Bonchev–Trinajstić information content (AvgIpc) is 3.88. The summed E-state index contributed by atoms with van der Waals surface area (Å²) in [7, 11) is 0. The molecule has 2 unspecified atom stereocenters. The minimum atomic E-state index is -0.359. The Morgan fingerprint density at radius 3 is 2.12 bits per heavy atom. The molecule has 1 spiro atoms. The van der Waals surface area contributed by atoms with Crippen molar-refractivity contribution in [1.82, 2.24) is 4.57 Å². The summed E-state index contributed by atoms with van der Waals surface area (Å²) < 4.78 is 2.42. The van der Waals surface area contributed by atoms with Crippen LogP contribution in [0.25, 0.3) is 55.3 Å². The maximum atomic E-state index is 2.51. The lowest BCUT2D eigenvalue weighted by molar-refractivity contribution is 0.416. The molecule has 0 saturated heterocycles. The fourth-order valence-electron chi connectivity index (χ4n) is 12.6. The first-order valence-electron chi connectivity index (χ1n) is 23.7. The smallest absolute Gasteiger partial charge is 0.0691 e. The summed E-state index contributed by atoms with van der Waals surface area (Å²) in [5, 5.41) is 2.49. The zero-order chi connectivity index (χ0) is 44.3. The van der Waals surface area contributed by atoms with Gasteiger partial charge in [-0.05, 0) is 128 Å². The molecule has 8 aromatic rings. The monoisotopic (exact) mass is 854 g/mol. The lowest BCUT2D eigenvalue weighted by Gasteiger charge is -2.44. The molecule has 6 aliphatic rings. The lowest BCUT2D eigenvalue weighted by Crippen LogP contribution is -2.34. The third kappa shape index (κ3) is 5.33. The zero-order valence-corrected chi connectivity index (χ0v) is 37.3. The maximum absolute atomic E-state index is 2.51. The van der Waals surface area contributed by atoms with Gasteiger partial charge in [0.15, 0.2) is 0 Å². The molecule has 14 rings (SSSR count). The van der Waals surface area contributed by atoms with Crippen LogP contribution in [0, 0.1) is 11.3 Å². The molecule has 1 aromatic heterocycles. The van der Waals surface area contributed by atoms with Gasteiger partial charge in [0.05, 0.1) is 22.1 Å². The van der Waals surface area contributed by atoms with Gasteiger partial charge in [0.2, 0.25) is 0 Å². The number of benzene rings is 7. The van der Waals surface area contributed by atoms with E-state index in [1.54, 1.807) is 0 Å². The van der Waals surface area contributed by atoms with Gasteiger partial charge in [0.1, 0.15) is 0 Å². The second-order valence-electron chi connectivity index (χ2n) is 18.9. The summed E-state index contributed by atoms with van der Waals surface area (Å²) in [6, 6.07) is 61.5. The number of hydrogen-bond donors (Lipinski definition) is 0. The van der Waals surface area contributed by atoms with E-state index in [4.69, 9.17) is 0 Å². The van der Waals surface area contributed by atoms with Gasteiger partial charge in [0.25, 0.3) is 0 Å². The molecule has 0 amide bonds. The van der Waals surface area contributed by atoms with Crippen molar-refractivity contribution in [1.29, 1.82) is 0 Å². The van der Waals surface area contributed by atoms with Crippen molar-refractivity contribution in [2.75, 3.05) is 4.90 Å². The van der Waals surface area contributed by atoms with Gasteiger partial charge >= 0.3 is 0 Å². The highest BCUT2D eigenvalue weighted by atomic mass is 15.2. The summed E-state index contributed by atoms with van der Waals surface area (Å²) >= 11 is 0. The first-order valence-corrected chi connectivity index (χ1v) is 23.7. The molecule has 316 valence electrons. The molecule has 0 N–H and O–H groups in total. The largest absolute Gasteiger partial charge is 0.310 e. The number of nitrogens with zero attached hydrogens (tertiary/aromatic N) is 2. The molecule has 0 fully saturated rings. The van der Waals surface area contributed by atoms with Crippen molar-refractivity contribution in [3.8, 4) is 27.9 Å². The van der Waals surface area contributed by atoms with Gasteiger partial charge in [-0.3, -0.25) is 0 Å². The van der Waals surface area contributed by atoms with Crippen LogP contribution in [-0.2, 0) is 5.41 Å². The first-order chi connectivity index (χ1) is 33.1. The molecule has 7 aromatic carbocycles. The number of hydrogen-bond acceptors (Lipinski definition) is 1. The molecule has 2 nitrogen and oxygen atoms in total. The number of allylic oxidation sites excluding steroid dienone is 17. The van der Waals surface area contributed by atoms with Crippen LogP contribution in [0.5, 0.6) is 0 Å². The van der Waals surface area contributed by atoms with E-state index in [0.717, 1.165) is 23.5 Å². The van der Waals surface area contributed by atoms with Crippen molar-refractivity contribution in [3.63, 3.8) is 0 Å². The lowest BCUT2D eigenvalue weighted by atomic mass is 9.62. The van der Waals surface area contributed by atoms with Gasteiger partial charge < -0.3 is 9.47 Å². The summed E-state index contributed by atoms with van der Waals surface area (Å²) in [5.41, 5.74) is 22.5. The zero-order valence-electron chi connectivity index (χ0n) is 37.3. The predicted molar refractivity (Wildman–Crippen MR) is 280 cm³/mol. The average molecular weight is 855 g/mol. The number of anilines is 2.